The molecule has 2 unspecified atom stereocenters. The molecule has 26 heavy (non-hydrogen) atoms. The molecule has 1 aliphatic rings. The van der Waals surface area contributed by atoms with E-state index in [1.165, 1.54) is 19.3 Å². The normalized spacial score (nSPS) is 18.9. The van der Waals surface area contributed by atoms with Crippen molar-refractivity contribution in [3.05, 3.63) is 29.8 Å². The molecule has 1 aromatic carbocycles. The summed E-state index contributed by atoms with van der Waals surface area (Å²) in [4.78, 5) is 22.6. The summed E-state index contributed by atoms with van der Waals surface area (Å²) < 4.78 is 10.4. The lowest BCUT2D eigenvalue weighted by Crippen LogP contribution is -2.44. The number of primary amides is 1. The van der Waals surface area contributed by atoms with E-state index in [9.17, 15) is 9.59 Å². The van der Waals surface area contributed by atoms with E-state index in [2.05, 4.69) is 6.92 Å². The lowest BCUT2D eigenvalue weighted by atomic mass is 9.87. The fourth-order valence-corrected chi connectivity index (χ4v) is 3.51. The van der Waals surface area contributed by atoms with Gasteiger partial charge >= 0.3 is 12.1 Å². The Labute approximate surface area is 156 Å². The molecule has 2 rings (SSSR count). The topological polar surface area (TPSA) is 78.6 Å². The first kappa shape index (κ1) is 20.3. The van der Waals surface area contributed by atoms with Gasteiger partial charge < -0.3 is 15.2 Å². The van der Waals surface area contributed by atoms with Crippen molar-refractivity contribution in [2.75, 3.05) is 0 Å². The summed E-state index contributed by atoms with van der Waals surface area (Å²) in [5.41, 5.74) is 6.09. The molecule has 0 aromatic heterocycles. The smallest absolute Gasteiger partial charge is 0.409 e. The van der Waals surface area contributed by atoms with Crippen molar-refractivity contribution in [2.45, 2.75) is 77.2 Å². The zero-order chi connectivity index (χ0) is 18.8. The van der Waals surface area contributed by atoms with Crippen LogP contribution in [-0.2, 0) is 16.0 Å². The van der Waals surface area contributed by atoms with E-state index >= 15 is 0 Å². The SMILES string of the molecule is CCCCCCC1C(=O)OC1CCCCCc1ccccc1OC(N)=O. The Morgan fingerprint density at radius 1 is 1.08 bits per heavy atom. The summed E-state index contributed by atoms with van der Waals surface area (Å²) in [6.45, 7) is 2.19. The minimum absolute atomic E-state index is 0.0102. The molecule has 1 aromatic rings. The molecule has 5 heteroatoms. The van der Waals surface area contributed by atoms with Gasteiger partial charge in [-0.2, -0.15) is 0 Å². The van der Waals surface area contributed by atoms with E-state index in [-0.39, 0.29) is 18.0 Å². The number of rotatable bonds is 12. The van der Waals surface area contributed by atoms with Crippen LogP contribution in [0.1, 0.15) is 70.3 Å². The Hall–Kier alpha value is -2.04. The van der Waals surface area contributed by atoms with E-state index < -0.39 is 6.09 Å². The third-order valence-corrected chi connectivity index (χ3v) is 5.01. The highest BCUT2D eigenvalue weighted by atomic mass is 16.6. The summed E-state index contributed by atoms with van der Waals surface area (Å²) in [6.07, 6.45) is 9.99. The number of amides is 1. The van der Waals surface area contributed by atoms with Gasteiger partial charge in [-0.1, -0.05) is 57.2 Å². The number of esters is 1. The molecular formula is C21H31NO4. The molecule has 0 saturated carbocycles. The Kier molecular flexibility index (Phi) is 8.45. The van der Waals surface area contributed by atoms with Crippen molar-refractivity contribution < 1.29 is 19.1 Å². The van der Waals surface area contributed by atoms with Gasteiger partial charge in [0.05, 0.1) is 5.92 Å². The Morgan fingerprint density at radius 3 is 2.54 bits per heavy atom. The lowest BCUT2D eigenvalue weighted by Gasteiger charge is -2.35. The maximum Gasteiger partial charge on any atom is 0.409 e. The first-order chi connectivity index (χ1) is 12.6. The van der Waals surface area contributed by atoms with Crippen LogP contribution in [0.5, 0.6) is 5.75 Å². The van der Waals surface area contributed by atoms with Crippen LogP contribution in [0.4, 0.5) is 4.79 Å². The molecule has 1 heterocycles. The first-order valence-corrected chi connectivity index (χ1v) is 9.87. The summed E-state index contributed by atoms with van der Waals surface area (Å²) >= 11 is 0. The average molecular weight is 361 g/mol. The average Bonchev–Trinajstić information content (AvgIpc) is 2.61. The highest BCUT2D eigenvalue weighted by molar-refractivity contribution is 5.78. The number of aryl methyl sites for hydroxylation is 1. The molecule has 1 saturated heterocycles. The molecule has 5 nitrogen and oxygen atoms in total. The second-order valence-corrected chi connectivity index (χ2v) is 7.06. The van der Waals surface area contributed by atoms with Gasteiger partial charge in [-0.15, -0.1) is 0 Å². The van der Waals surface area contributed by atoms with Gasteiger partial charge in [-0.25, -0.2) is 4.79 Å². The summed E-state index contributed by atoms with van der Waals surface area (Å²) in [5.74, 6) is 0.653. The fourth-order valence-electron chi connectivity index (χ4n) is 3.51. The number of carbonyl (C=O) groups excluding carboxylic acids is 2. The molecule has 0 spiro atoms. The van der Waals surface area contributed by atoms with E-state index in [0.717, 1.165) is 50.5 Å². The Balaban J connectivity index is 1.63. The van der Waals surface area contributed by atoms with E-state index in [0.29, 0.717) is 5.75 Å². The standard InChI is InChI=1S/C21H31NO4/c1-2-3-4-7-13-17-19(25-20(17)23)15-8-5-6-11-16-12-9-10-14-18(16)26-21(22)24/h9-10,12,14,17,19H,2-8,11,13,15H2,1H3,(H2,22,24). The third-order valence-electron chi connectivity index (χ3n) is 5.01. The lowest BCUT2D eigenvalue weighted by molar-refractivity contribution is -0.186. The van der Waals surface area contributed by atoms with Crippen LogP contribution in [-0.4, -0.2) is 18.2 Å². The summed E-state index contributed by atoms with van der Waals surface area (Å²) in [7, 11) is 0. The molecule has 0 aliphatic carbocycles. The minimum Gasteiger partial charge on any atom is -0.461 e. The molecule has 1 aliphatic heterocycles. The van der Waals surface area contributed by atoms with Gasteiger partial charge in [0.1, 0.15) is 11.9 Å². The molecule has 144 valence electrons. The number of benzene rings is 1. The third kappa shape index (κ3) is 6.36. The predicted molar refractivity (Wildman–Crippen MR) is 101 cm³/mol. The number of unbranched alkanes of at least 4 members (excludes halogenated alkanes) is 5. The molecule has 2 atom stereocenters. The second-order valence-electron chi connectivity index (χ2n) is 7.06. The fraction of sp³-hybridized carbons (Fsp3) is 0.619. The summed E-state index contributed by atoms with van der Waals surface area (Å²) in [5, 5.41) is 0. The molecule has 1 amide bonds. The van der Waals surface area contributed by atoms with E-state index in [1.807, 2.05) is 18.2 Å². The van der Waals surface area contributed by atoms with Crippen LogP contribution in [0, 0.1) is 5.92 Å². The molecule has 2 N–H and O–H groups in total. The molecule has 0 radical (unpaired) electrons. The first-order valence-electron chi connectivity index (χ1n) is 9.87. The highest BCUT2D eigenvalue weighted by Gasteiger charge is 2.40. The van der Waals surface area contributed by atoms with Gasteiger partial charge in [0.2, 0.25) is 0 Å². The number of carbonyl (C=O) groups is 2. The molecule has 0 bridgehead atoms. The van der Waals surface area contributed by atoms with Gasteiger partial charge in [-0.05, 0) is 43.7 Å². The van der Waals surface area contributed by atoms with Crippen LogP contribution in [0.15, 0.2) is 24.3 Å². The zero-order valence-electron chi connectivity index (χ0n) is 15.7. The zero-order valence-corrected chi connectivity index (χ0v) is 15.7. The van der Waals surface area contributed by atoms with Crippen molar-refractivity contribution in [3.63, 3.8) is 0 Å². The van der Waals surface area contributed by atoms with Crippen LogP contribution < -0.4 is 10.5 Å². The van der Waals surface area contributed by atoms with Crippen LogP contribution in [0.3, 0.4) is 0 Å². The summed E-state index contributed by atoms with van der Waals surface area (Å²) in [6, 6.07) is 7.48. The minimum atomic E-state index is -0.783. The quantitative estimate of drug-likeness (QED) is 0.430. The van der Waals surface area contributed by atoms with Gasteiger partial charge in [0, 0.05) is 0 Å². The Morgan fingerprint density at radius 2 is 1.81 bits per heavy atom. The van der Waals surface area contributed by atoms with Gasteiger partial charge in [0.15, 0.2) is 0 Å². The molecule has 1 fully saturated rings. The maximum absolute atomic E-state index is 11.6. The number of ether oxygens (including phenoxy) is 2. The highest BCUT2D eigenvalue weighted by Crippen LogP contribution is 2.31. The van der Waals surface area contributed by atoms with Crippen molar-refractivity contribution in [1.82, 2.24) is 0 Å². The van der Waals surface area contributed by atoms with Crippen LogP contribution in [0.2, 0.25) is 0 Å². The van der Waals surface area contributed by atoms with Crippen LogP contribution in [0.25, 0.3) is 0 Å². The number of cyclic esters (lactones) is 1. The predicted octanol–water partition coefficient (Wildman–Crippen LogP) is 4.76. The number of hydrogen-bond donors (Lipinski definition) is 1. The van der Waals surface area contributed by atoms with Crippen molar-refractivity contribution in [3.8, 4) is 5.75 Å². The maximum atomic E-state index is 11.6. The van der Waals surface area contributed by atoms with Crippen molar-refractivity contribution in [2.24, 2.45) is 11.7 Å². The number of para-hydroxylation sites is 1. The van der Waals surface area contributed by atoms with E-state index in [4.69, 9.17) is 15.2 Å². The van der Waals surface area contributed by atoms with Crippen molar-refractivity contribution in [1.29, 1.82) is 0 Å². The van der Waals surface area contributed by atoms with E-state index in [1.54, 1.807) is 6.07 Å². The molecular weight excluding hydrogens is 330 g/mol. The van der Waals surface area contributed by atoms with Crippen molar-refractivity contribution >= 4 is 12.1 Å². The number of nitrogens with two attached hydrogens (primary N) is 1. The second kappa shape index (κ2) is 10.8. The number of hydrogen-bond acceptors (Lipinski definition) is 4. The largest absolute Gasteiger partial charge is 0.461 e. The monoisotopic (exact) mass is 361 g/mol. The van der Waals surface area contributed by atoms with Gasteiger partial charge in [-0.3, -0.25) is 4.79 Å². The van der Waals surface area contributed by atoms with Gasteiger partial charge in [0.25, 0.3) is 0 Å². The Bertz CT molecular complexity index is 587. The van der Waals surface area contributed by atoms with Crippen LogP contribution >= 0.6 is 0 Å².